The number of aliphatic carboxylic acids is 2. The molecule has 0 aromatic heterocycles. The molecular weight excluding hydrogens is 300 g/mol. The molecule has 0 heterocycles. The number of anilines is 1. The summed E-state index contributed by atoms with van der Waals surface area (Å²) in [4.78, 5) is 21.7. The average molecular weight is 316 g/mol. The molecule has 0 fully saturated rings. The molecule has 0 aliphatic rings. The molecule has 0 spiro atoms. The zero-order chi connectivity index (χ0) is 16.0. The number of carbonyl (C=O) groups is 2. The average Bonchev–Trinajstić information content (AvgIpc) is 2.35. The number of rotatable bonds is 8. The molecule has 4 N–H and O–H groups in total. The summed E-state index contributed by atoms with van der Waals surface area (Å²) in [6.07, 6.45) is -0.467. The number of carboxylic acids is 2. The lowest BCUT2D eigenvalue weighted by Crippen LogP contribution is -2.47. The van der Waals surface area contributed by atoms with Crippen molar-refractivity contribution in [2.24, 2.45) is 5.92 Å². The molecule has 116 valence electrons. The van der Waals surface area contributed by atoms with Gasteiger partial charge in [-0.15, -0.1) is 0 Å². The first kappa shape index (κ1) is 16.9. The van der Waals surface area contributed by atoms with E-state index in [-0.39, 0.29) is 5.69 Å². The number of hydrogen-bond acceptors (Lipinski definition) is 4. The summed E-state index contributed by atoms with van der Waals surface area (Å²) in [5.74, 6) is -3.56. The summed E-state index contributed by atoms with van der Waals surface area (Å²) in [5.41, 5.74) is 0.264. The largest absolute Gasteiger partial charge is 0.481 e. The van der Waals surface area contributed by atoms with Crippen molar-refractivity contribution in [1.82, 2.24) is 4.72 Å². The van der Waals surface area contributed by atoms with Crippen LogP contribution in [0.3, 0.4) is 0 Å². The Morgan fingerprint density at radius 2 is 1.76 bits per heavy atom. The van der Waals surface area contributed by atoms with E-state index < -0.39 is 40.5 Å². The summed E-state index contributed by atoms with van der Waals surface area (Å²) in [7, 11) is -4.13. The van der Waals surface area contributed by atoms with Gasteiger partial charge in [-0.3, -0.25) is 14.3 Å². The first-order valence-electron chi connectivity index (χ1n) is 6.01. The lowest BCUT2D eigenvalue weighted by atomic mass is 9.99. The molecule has 9 heteroatoms. The molecule has 0 bridgehead atoms. The van der Waals surface area contributed by atoms with Crippen molar-refractivity contribution in [3.8, 4) is 0 Å². The lowest BCUT2D eigenvalue weighted by Gasteiger charge is -2.20. The standard InChI is InChI=1S/C12H16N2O6S/c1-8(7-10(15)16)11(12(17)18)14-21(19,20)13-9-5-3-2-4-6-9/h2-6,8,11,13-14H,7H2,1H3,(H,15,16)(H,17,18)/t8?,11-/m0/s1. The minimum atomic E-state index is -4.13. The quantitative estimate of drug-likeness (QED) is 0.552. The van der Waals surface area contributed by atoms with Gasteiger partial charge in [0, 0.05) is 12.1 Å². The van der Waals surface area contributed by atoms with Crippen LogP contribution in [0.4, 0.5) is 5.69 Å². The molecule has 1 aromatic rings. The van der Waals surface area contributed by atoms with Gasteiger partial charge in [0.15, 0.2) is 0 Å². The van der Waals surface area contributed by atoms with E-state index in [9.17, 15) is 18.0 Å². The second kappa shape index (κ2) is 7.04. The third kappa shape index (κ3) is 5.79. The SMILES string of the molecule is CC(CC(=O)O)[C@H](NS(=O)(=O)Nc1ccccc1)C(=O)O. The van der Waals surface area contributed by atoms with E-state index in [1.807, 2.05) is 4.72 Å². The van der Waals surface area contributed by atoms with Crippen LogP contribution in [-0.2, 0) is 19.8 Å². The van der Waals surface area contributed by atoms with Crippen molar-refractivity contribution >= 4 is 27.8 Å². The molecule has 21 heavy (non-hydrogen) atoms. The first-order chi connectivity index (χ1) is 9.71. The van der Waals surface area contributed by atoms with Crippen molar-refractivity contribution in [2.45, 2.75) is 19.4 Å². The zero-order valence-electron chi connectivity index (χ0n) is 11.2. The maximum Gasteiger partial charge on any atom is 0.322 e. The van der Waals surface area contributed by atoms with Gasteiger partial charge in [0.1, 0.15) is 6.04 Å². The van der Waals surface area contributed by atoms with Crippen LogP contribution < -0.4 is 9.44 Å². The highest BCUT2D eigenvalue weighted by molar-refractivity contribution is 7.90. The third-order valence-electron chi connectivity index (χ3n) is 2.64. The Hall–Kier alpha value is -2.13. The highest BCUT2D eigenvalue weighted by atomic mass is 32.2. The van der Waals surface area contributed by atoms with Gasteiger partial charge < -0.3 is 10.2 Å². The van der Waals surface area contributed by atoms with Crippen LogP contribution in [0.1, 0.15) is 13.3 Å². The molecule has 2 atom stereocenters. The zero-order valence-corrected chi connectivity index (χ0v) is 12.0. The van der Waals surface area contributed by atoms with E-state index in [1.165, 1.54) is 19.1 Å². The summed E-state index contributed by atoms with van der Waals surface area (Å²) in [6.45, 7) is 1.35. The monoisotopic (exact) mass is 316 g/mol. The third-order valence-corrected chi connectivity index (χ3v) is 3.71. The fourth-order valence-corrected chi connectivity index (χ4v) is 2.83. The van der Waals surface area contributed by atoms with Gasteiger partial charge in [-0.05, 0) is 18.1 Å². The number of carboxylic acid groups (broad SMARTS) is 2. The van der Waals surface area contributed by atoms with Crippen LogP contribution in [0, 0.1) is 5.92 Å². The van der Waals surface area contributed by atoms with Crippen LogP contribution in [0.2, 0.25) is 0 Å². The van der Waals surface area contributed by atoms with Gasteiger partial charge in [-0.1, -0.05) is 25.1 Å². The fraction of sp³-hybridized carbons (Fsp3) is 0.333. The van der Waals surface area contributed by atoms with Crippen LogP contribution >= 0.6 is 0 Å². The van der Waals surface area contributed by atoms with E-state index in [0.29, 0.717) is 0 Å². The highest BCUT2D eigenvalue weighted by Crippen LogP contribution is 2.12. The Bertz CT molecular complexity index is 601. The van der Waals surface area contributed by atoms with Gasteiger partial charge in [0.05, 0.1) is 0 Å². The maximum absolute atomic E-state index is 11.9. The van der Waals surface area contributed by atoms with Crippen molar-refractivity contribution in [3.05, 3.63) is 30.3 Å². The number of nitrogens with one attached hydrogen (secondary N) is 2. The molecule has 1 aromatic carbocycles. The normalized spacial score (nSPS) is 14.1. The van der Waals surface area contributed by atoms with Crippen molar-refractivity contribution < 1.29 is 28.2 Å². The van der Waals surface area contributed by atoms with Crippen LogP contribution in [0.15, 0.2) is 30.3 Å². The van der Waals surface area contributed by atoms with Gasteiger partial charge in [-0.25, -0.2) is 0 Å². The van der Waals surface area contributed by atoms with Gasteiger partial charge in [0.25, 0.3) is 10.2 Å². The molecule has 1 unspecified atom stereocenters. The Balaban J connectivity index is 2.82. The number of hydrogen-bond donors (Lipinski definition) is 4. The van der Waals surface area contributed by atoms with E-state index in [2.05, 4.69) is 4.72 Å². The number of para-hydroxylation sites is 1. The topological polar surface area (TPSA) is 133 Å². The molecule has 8 nitrogen and oxygen atoms in total. The van der Waals surface area contributed by atoms with Gasteiger partial charge in [-0.2, -0.15) is 13.1 Å². The molecule has 0 amide bonds. The van der Waals surface area contributed by atoms with E-state index in [0.717, 1.165) is 0 Å². The van der Waals surface area contributed by atoms with Crippen LogP contribution in [0.25, 0.3) is 0 Å². The van der Waals surface area contributed by atoms with Crippen molar-refractivity contribution in [2.75, 3.05) is 4.72 Å². The molecule has 1 rings (SSSR count). The van der Waals surface area contributed by atoms with Crippen LogP contribution in [0.5, 0.6) is 0 Å². The molecule has 0 saturated heterocycles. The Kier molecular flexibility index (Phi) is 5.68. The Morgan fingerprint density at radius 3 is 2.24 bits per heavy atom. The van der Waals surface area contributed by atoms with E-state index >= 15 is 0 Å². The first-order valence-corrected chi connectivity index (χ1v) is 7.49. The summed E-state index contributed by atoms with van der Waals surface area (Å²) >= 11 is 0. The molecular formula is C12H16N2O6S. The van der Waals surface area contributed by atoms with Crippen molar-refractivity contribution in [1.29, 1.82) is 0 Å². The lowest BCUT2D eigenvalue weighted by molar-refractivity contribution is -0.142. The Labute approximate surface area is 122 Å². The van der Waals surface area contributed by atoms with Gasteiger partial charge in [0.2, 0.25) is 0 Å². The highest BCUT2D eigenvalue weighted by Gasteiger charge is 2.30. The summed E-state index contributed by atoms with van der Waals surface area (Å²) in [5, 5.41) is 17.7. The predicted molar refractivity (Wildman–Crippen MR) is 75.0 cm³/mol. The number of benzene rings is 1. The minimum absolute atomic E-state index is 0.264. The molecule has 0 aliphatic carbocycles. The molecule has 0 saturated carbocycles. The second-order valence-corrected chi connectivity index (χ2v) is 5.93. The van der Waals surface area contributed by atoms with Crippen molar-refractivity contribution in [3.63, 3.8) is 0 Å². The van der Waals surface area contributed by atoms with Gasteiger partial charge >= 0.3 is 11.9 Å². The Morgan fingerprint density at radius 1 is 1.19 bits per heavy atom. The maximum atomic E-state index is 11.9. The smallest absolute Gasteiger partial charge is 0.322 e. The predicted octanol–water partition coefficient (Wildman–Crippen LogP) is 0.497. The second-order valence-electron chi connectivity index (χ2n) is 4.48. The minimum Gasteiger partial charge on any atom is -0.481 e. The van der Waals surface area contributed by atoms with E-state index in [4.69, 9.17) is 10.2 Å². The van der Waals surface area contributed by atoms with Crippen LogP contribution in [-0.4, -0.2) is 36.6 Å². The summed E-state index contributed by atoms with van der Waals surface area (Å²) in [6, 6.07) is 6.37. The fourth-order valence-electron chi connectivity index (χ4n) is 1.66. The molecule has 0 radical (unpaired) electrons. The van der Waals surface area contributed by atoms with E-state index in [1.54, 1.807) is 18.2 Å². The molecule has 0 aliphatic heterocycles. The summed E-state index contributed by atoms with van der Waals surface area (Å²) < 4.78 is 27.9.